The summed E-state index contributed by atoms with van der Waals surface area (Å²) in [7, 11) is 0. The van der Waals surface area contributed by atoms with Gasteiger partial charge in [-0.3, -0.25) is 9.59 Å². The van der Waals surface area contributed by atoms with Gasteiger partial charge < -0.3 is 20.8 Å². The van der Waals surface area contributed by atoms with E-state index in [1.54, 1.807) is 24.3 Å². The summed E-state index contributed by atoms with van der Waals surface area (Å²) < 4.78 is 5.05. The van der Waals surface area contributed by atoms with Gasteiger partial charge in [-0.2, -0.15) is 0 Å². The number of carbonyl (C=O) groups excluding carboxylic acids is 2. The maximum atomic E-state index is 12.0. The number of carbonyl (C=O) groups is 2. The van der Waals surface area contributed by atoms with Crippen molar-refractivity contribution in [3.05, 3.63) is 47.9 Å². The number of furan rings is 1. The fourth-order valence-electron chi connectivity index (χ4n) is 2.06. The van der Waals surface area contributed by atoms with Gasteiger partial charge in [-0.1, -0.05) is 0 Å². The lowest BCUT2D eigenvalue weighted by atomic mass is 10.1. The number of nitrogens with one attached hydrogen (secondary N) is 2. The molecular formula is C17H21N3O3. The zero-order chi connectivity index (χ0) is 16.8. The van der Waals surface area contributed by atoms with Gasteiger partial charge in [0.1, 0.15) is 0 Å². The minimum atomic E-state index is -0.313. The molecule has 23 heavy (non-hydrogen) atoms. The van der Waals surface area contributed by atoms with Crippen LogP contribution >= 0.6 is 0 Å². The van der Waals surface area contributed by atoms with E-state index >= 15 is 0 Å². The van der Waals surface area contributed by atoms with Crippen LogP contribution in [0.5, 0.6) is 0 Å². The van der Waals surface area contributed by atoms with E-state index in [1.807, 2.05) is 19.9 Å². The first-order valence-corrected chi connectivity index (χ1v) is 7.46. The third-order valence-corrected chi connectivity index (χ3v) is 3.33. The van der Waals surface area contributed by atoms with Crippen molar-refractivity contribution >= 4 is 23.2 Å². The molecule has 1 unspecified atom stereocenters. The number of aryl methyl sites for hydroxylation is 1. The lowest BCUT2D eigenvalue weighted by Crippen LogP contribution is -2.19. The van der Waals surface area contributed by atoms with E-state index in [1.165, 1.54) is 6.26 Å². The highest BCUT2D eigenvalue weighted by Gasteiger charge is 2.11. The molecule has 2 aromatic rings. The van der Waals surface area contributed by atoms with Crippen LogP contribution in [0.15, 0.2) is 41.0 Å². The number of amides is 2. The molecular weight excluding hydrogens is 294 g/mol. The van der Waals surface area contributed by atoms with E-state index in [2.05, 4.69) is 10.6 Å². The molecule has 6 nitrogen and oxygen atoms in total. The molecule has 0 aliphatic carbocycles. The number of nitrogens with two attached hydrogens (primary N) is 1. The Hall–Kier alpha value is -2.60. The molecule has 1 atom stereocenters. The Morgan fingerprint density at radius 3 is 2.65 bits per heavy atom. The van der Waals surface area contributed by atoms with Crippen molar-refractivity contribution in [1.82, 2.24) is 0 Å². The van der Waals surface area contributed by atoms with Gasteiger partial charge in [0.2, 0.25) is 5.91 Å². The second-order valence-electron chi connectivity index (χ2n) is 5.53. The highest BCUT2D eigenvalue weighted by Crippen LogP contribution is 2.21. The lowest BCUT2D eigenvalue weighted by molar-refractivity contribution is -0.116. The van der Waals surface area contributed by atoms with Crippen LogP contribution < -0.4 is 16.4 Å². The van der Waals surface area contributed by atoms with Crippen molar-refractivity contribution in [3.8, 4) is 0 Å². The molecule has 6 heteroatoms. The fraction of sp³-hybridized carbons (Fsp3) is 0.294. The SMILES string of the molecule is Cc1cc(NC(=O)CCC(C)N)ccc1NC(=O)c1ccco1. The maximum absolute atomic E-state index is 12.0. The van der Waals surface area contributed by atoms with Crippen molar-refractivity contribution in [3.63, 3.8) is 0 Å². The molecule has 4 N–H and O–H groups in total. The molecule has 0 saturated carbocycles. The quantitative estimate of drug-likeness (QED) is 0.763. The first-order chi connectivity index (χ1) is 11.0. The highest BCUT2D eigenvalue weighted by atomic mass is 16.3. The van der Waals surface area contributed by atoms with Crippen LogP contribution in [0, 0.1) is 6.92 Å². The minimum Gasteiger partial charge on any atom is -0.459 e. The van der Waals surface area contributed by atoms with Crippen LogP contribution in [0.4, 0.5) is 11.4 Å². The van der Waals surface area contributed by atoms with Crippen LogP contribution in [-0.2, 0) is 4.79 Å². The van der Waals surface area contributed by atoms with E-state index < -0.39 is 0 Å². The van der Waals surface area contributed by atoms with Crippen LogP contribution in [-0.4, -0.2) is 17.9 Å². The molecule has 0 radical (unpaired) electrons. The summed E-state index contributed by atoms with van der Waals surface area (Å²) in [6, 6.07) is 8.55. The molecule has 2 rings (SSSR count). The third kappa shape index (κ3) is 4.96. The van der Waals surface area contributed by atoms with Crippen LogP contribution in [0.3, 0.4) is 0 Å². The van der Waals surface area contributed by atoms with E-state index in [0.717, 1.165) is 5.56 Å². The average molecular weight is 315 g/mol. The summed E-state index contributed by atoms with van der Waals surface area (Å²) >= 11 is 0. The van der Waals surface area contributed by atoms with Crippen molar-refractivity contribution < 1.29 is 14.0 Å². The Kier molecular flexibility index (Phi) is 5.54. The Balaban J connectivity index is 1.97. The number of anilines is 2. The summed E-state index contributed by atoms with van der Waals surface area (Å²) in [5.74, 6) is -0.140. The largest absolute Gasteiger partial charge is 0.459 e. The average Bonchev–Trinajstić information content (AvgIpc) is 3.02. The second kappa shape index (κ2) is 7.60. The zero-order valence-electron chi connectivity index (χ0n) is 13.3. The summed E-state index contributed by atoms with van der Waals surface area (Å²) in [6.07, 6.45) is 2.47. The molecule has 1 heterocycles. The minimum absolute atomic E-state index is 0.00155. The Bertz CT molecular complexity index is 678. The van der Waals surface area contributed by atoms with Crippen molar-refractivity contribution in [2.24, 2.45) is 5.73 Å². The second-order valence-corrected chi connectivity index (χ2v) is 5.53. The van der Waals surface area contributed by atoms with Gasteiger partial charge in [-0.15, -0.1) is 0 Å². The number of rotatable bonds is 6. The van der Waals surface area contributed by atoms with Gasteiger partial charge in [0.05, 0.1) is 6.26 Å². The highest BCUT2D eigenvalue weighted by molar-refractivity contribution is 6.02. The summed E-state index contributed by atoms with van der Waals surface area (Å²) in [5.41, 5.74) is 7.83. The monoisotopic (exact) mass is 315 g/mol. The molecule has 2 amide bonds. The summed E-state index contributed by atoms with van der Waals surface area (Å²) in [5, 5.41) is 5.59. The van der Waals surface area contributed by atoms with Crippen molar-refractivity contribution in [2.45, 2.75) is 32.7 Å². The van der Waals surface area contributed by atoms with E-state index in [-0.39, 0.29) is 23.6 Å². The molecule has 122 valence electrons. The summed E-state index contributed by atoms with van der Waals surface area (Å²) in [4.78, 5) is 23.8. The first-order valence-electron chi connectivity index (χ1n) is 7.46. The Morgan fingerprint density at radius 1 is 1.26 bits per heavy atom. The topological polar surface area (TPSA) is 97.4 Å². The van der Waals surface area contributed by atoms with Crippen molar-refractivity contribution in [1.29, 1.82) is 0 Å². The van der Waals surface area contributed by atoms with Gasteiger partial charge in [0, 0.05) is 23.8 Å². The predicted octanol–water partition coefficient (Wildman–Crippen LogP) is 2.91. The smallest absolute Gasteiger partial charge is 0.291 e. The Morgan fingerprint density at radius 2 is 2.04 bits per heavy atom. The van der Waals surface area contributed by atoms with E-state index in [9.17, 15) is 9.59 Å². The first kappa shape index (κ1) is 16.8. The third-order valence-electron chi connectivity index (χ3n) is 3.33. The number of hydrogen-bond acceptors (Lipinski definition) is 4. The number of benzene rings is 1. The fourth-order valence-corrected chi connectivity index (χ4v) is 2.06. The molecule has 0 bridgehead atoms. The molecule has 1 aromatic carbocycles. The zero-order valence-corrected chi connectivity index (χ0v) is 13.3. The van der Waals surface area contributed by atoms with Crippen LogP contribution in [0.1, 0.15) is 35.9 Å². The molecule has 0 spiro atoms. The maximum Gasteiger partial charge on any atom is 0.291 e. The van der Waals surface area contributed by atoms with E-state index in [0.29, 0.717) is 24.2 Å². The molecule has 0 fully saturated rings. The Labute approximate surface area is 135 Å². The molecule has 0 saturated heterocycles. The summed E-state index contributed by atoms with van der Waals surface area (Å²) in [6.45, 7) is 3.73. The van der Waals surface area contributed by atoms with Gasteiger partial charge in [0.25, 0.3) is 5.91 Å². The normalized spacial score (nSPS) is 11.8. The predicted molar refractivity (Wildman–Crippen MR) is 89.4 cm³/mol. The lowest BCUT2D eigenvalue weighted by Gasteiger charge is -2.11. The number of hydrogen-bond donors (Lipinski definition) is 3. The molecule has 0 aliphatic heterocycles. The van der Waals surface area contributed by atoms with Crippen molar-refractivity contribution in [2.75, 3.05) is 10.6 Å². The van der Waals surface area contributed by atoms with Crippen LogP contribution in [0.2, 0.25) is 0 Å². The standard InChI is InChI=1S/C17H21N3O3/c1-11-10-13(19-16(21)8-5-12(2)18)6-7-14(11)20-17(22)15-4-3-9-23-15/h3-4,6-7,9-10,12H,5,8,18H2,1-2H3,(H,19,21)(H,20,22). The molecule has 1 aromatic heterocycles. The van der Waals surface area contributed by atoms with E-state index in [4.69, 9.17) is 10.2 Å². The molecule has 0 aliphatic rings. The van der Waals surface area contributed by atoms with Crippen LogP contribution in [0.25, 0.3) is 0 Å². The van der Waals surface area contributed by atoms with Gasteiger partial charge in [0.15, 0.2) is 5.76 Å². The van der Waals surface area contributed by atoms with Gasteiger partial charge in [-0.25, -0.2) is 0 Å². The van der Waals surface area contributed by atoms with Gasteiger partial charge >= 0.3 is 0 Å². The van der Waals surface area contributed by atoms with Gasteiger partial charge in [-0.05, 0) is 56.2 Å².